The van der Waals surface area contributed by atoms with Gasteiger partial charge in [0.2, 0.25) is 0 Å². The van der Waals surface area contributed by atoms with E-state index in [0.717, 1.165) is 5.56 Å². The van der Waals surface area contributed by atoms with Gasteiger partial charge in [-0.05, 0) is 38.2 Å². The van der Waals surface area contributed by atoms with Crippen LogP contribution in [-0.4, -0.2) is 14.3 Å². The Kier molecular flexibility index (Phi) is 12.1. The molecule has 0 nitrogen and oxygen atoms in total. The molecule has 0 saturated heterocycles. The summed E-state index contributed by atoms with van der Waals surface area (Å²) >= 11 is -2.03. The predicted octanol–water partition coefficient (Wildman–Crippen LogP) is 9.82. The molecule has 4 aromatic carbocycles. The fraction of sp³-hybridized carbons (Fsp3) is 0.409. The molecular weight excluding hydrogens is 632 g/mol. The first-order valence-corrected chi connectivity index (χ1v) is 20.4. The Bertz CT molecular complexity index is 1600. The number of rotatable bonds is 2. The zero-order chi connectivity index (χ0) is 34.8. The Morgan fingerprint density at radius 1 is 0.522 bits per heavy atom. The molecule has 1 atom stereocenters. The Morgan fingerprint density at radius 3 is 1.22 bits per heavy atom. The van der Waals surface area contributed by atoms with E-state index in [1.165, 1.54) is 64.2 Å². The van der Waals surface area contributed by atoms with Gasteiger partial charge in [-0.2, -0.15) is 0 Å². The minimum absolute atomic E-state index is 0.179. The number of aryl methyl sites for hydroxylation is 6. The maximum absolute atomic E-state index is 3.79. The third-order valence-electron chi connectivity index (χ3n) is 8.62. The van der Waals surface area contributed by atoms with Gasteiger partial charge in [-0.25, -0.2) is 0 Å². The van der Waals surface area contributed by atoms with Gasteiger partial charge in [-0.15, -0.1) is 9.24 Å². The van der Waals surface area contributed by atoms with E-state index in [1.807, 2.05) is 6.07 Å². The van der Waals surface area contributed by atoms with E-state index in [-0.39, 0.29) is 16.2 Å². The molecule has 2 heteroatoms. The summed E-state index contributed by atoms with van der Waals surface area (Å²) < 4.78 is 6.81. The van der Waals surface area contributed by atoms with Gasteiger partial charge >= 0.3 is 169 Å². The quantitative estimate of drug-likeness (QED) is 0.112. The topological polar surface area (TPSA) is 0 Å². The minimum atomic E-state index is -2.03. The maximum atomic E-state index is 3.79. The summed E-state index contributed by atoms with van der Waals surface area (Å²) in [5.74, 6) is 3.50. The summed E-state index contributed by atoms with van der Waals surface area (Å²) in [6, 6.07) is 24.5. The molecule has 4 rings (SSSR count). The van der Waals surface area contributed by atoms with Gasteiger partial charge in [0.1, 0.15) is 0 Å². The van der Waals surface area contributed by atoms with Crippen LogP contribution in [0.1, 0.15) is 118 Å². The van der Waals surface area contributed by atoms with Gasteiger partial charge in [0.25, 0.3) is 0 Å². The second-order valence-electron chi connectivity index (χ2n) is 16.3. The second kappa shape index (κ2) is 14.7. The number of hydrogen-bond acceptors (Lipinski definition) is 0. The second-order valence-corrected chi connectivity index (χ2v) is 21.0. The Balaban J connectivity index is 0.000000268. The van der Waals surface area contributed by atoms with Gasteiger partial charge in [-0.1, -0.05) is 74.4 Å². The van der Waals surface area contributed by atoms with Gasteiger partial charge in [0, 0.05) is 0 Å². The molecule has 0 aliphatic heterocycles. The van der Waals surface area contributed by atoms with E-state index in [9.17, 15) is 0 Å². The van der Waals surface area contributed by atoms with Crippen LogP contribution in [0.15, 0.2) is 66.7 Å². The van der Waals surface area contributed by atoms with Crippen molar-refractivity contribution in [1.82, 2.24) is 0 Å². The molecule has 243 valence electrons. The zero-order valence-corrected chi connectivity index (χ0v) is 34.7. The molecule has 46 heavy (non-hydrogen) atoms. The fourth-order valence-corrected chi connectivity index (χ4v) is 12.9. The average Bonchev–Trinajstić information content (AvgIpc) is 2.89. The van der Waals surface area contributed by atoms with Crippen molar-refractivity contribution in [3.8, 4) is 10.7 Å². The molecule has 0 N–H and O–H groups in total. The Morgan fingerprint density at radius 2 is 0.891 bits per heavy atom. The first-order valence-electron chi connectivity index (χ1n) is 16.7. The van der Waals surface area contributed by atoms with Crippen LogP contribution in [0.2, 0.25) is 0 Å². The fourth-order valence-electron chi connectivity index (χ4n) is 6.38. The van der Waals surface area contributed by atoms with Crippen molar-refractivity contribution in [1.29, 1.82) is 0 Å². The van der Waals surface area contributed by atoms with Gasteiger partial charge in [-0.3, -0.25) is 0 Å². The van der Waals surface area contributed by atoms with Crippen LogP contribution in [0.3, 0.4) is 0 Å². The summed E-state index contributed by atoms with van der Waals surface area (Å²) in [6.07, 6.45) is 0. The first kappa shape index (κ1) is 37.9. The van der Waals surface area contributed by atoms with Gasteiger partial charge in [0.05, 0.1) is 0 Å². The molecule has 0 bridgehead atoms. The van der Waals surface area contributed by atoms with E-state index >= 15 is 0 Å². The van der Waals surface area contributed by atoms with Crippen molar-refractivity contribution >= 4 is 37.7 Å². The average molecular weight is 691 g/mol. The van der Waals surface area contributed by atoms with Crippen LogP contribution in [0, 0.1) is 52.2 Å². The van der Waals surface area contributed by atoms with Crippen molar-refractivity contribution in [2.75, 3.05) is 0 Å². The summed E-state index contributed by atoms with van der Waals surface area (Å²) in [7, 11) is 2.98. The van der Waals surface area contributed by atoms with Crippen LogP contribution in [-0.2, 0) is 16.2 Å². The molecule has 0 heterocycles. The number of benzene rings is 4. The third kappa shape index (κ3) is 9.49. The van der Waals surface area contributed by atoms with Crippen molar-refractivity contribution in [2.24, 2.45) is 0 Å². The summed E-state index contributed by atoms with van der Waals surface area (Å²) in [5.41, 5.74) is 14.2. The standard InChI is InChI=1S/C26H27Ge.C18H31P/c1-18-14-20(3)25(21(4)15-18)27(13-12-24-10-8-7-9-11-24)26-22(5)16-19(2)17-23(26)6;1-16(2,3)12-10-13(17(4,5)6)15(19)14(11-12)18(7,8)9/h7-11,14-17H,1-6H3;10-11H,19H2,1-9H3. The molecule has 0 saturated carbocycles. The zero-order valence-electron chi connectivity index (χ0n) is 31.4. The Hall–Kier alpha value is -2.59. The molecular formula is C44H58GeP. The van der Waals surface area contributed by atoms with Crippen molar-refractivity contribution < 1.29 is 0 Å². The Labute approximate surface area is 289 Å². The molecule has 0 aromatic heterocycles. The van der Waals surface area contributed by atoms with Crippen molar-refractivity contribution in [2.45, 2.75) is 120 Å². The van der Waals surface area contributed by atoms with Crippen LogP contribution in [0.4, 0.5) is 0 Å². The van der Waals surface area contributed by atoms with Crippen LogP contribution < -0.4 is 14.1 Å². The van der Waals surface area contributed by atoms with E-state index in [4.69, 9.17) is 0 Å². The molecule has 0 fully saturated rings. The van der Waals surface area contributed by atoms with E-state index in [1.54, 1.807) is 0 Å². The normalized spacial score (nSPS) is 11.9. The monoisotopic (exact) mass is 691 g/mol. The van der Waals surface area contributed by atoms with E-state index < -0.39 is 14.3 Å². The molecule has 0 aliphatic carbocycles. The summed E-state index contributed by atoms with van der Waals surface area (Å²) in [6.45, 7) is 34.1. The van der Waals surface area contributed by atoms with E-state index in [0.29, 0.717) is 0 Å². The summed E-state index contributed by atoms with van der Waals surface area (Å²) in [5, 5.41) is 1.38. The third-order valence-corrected chi connectivity index (χ3v) is 15.4. The first-order chi connectivity index (χ1) is 21.1. The van der Waals surface area contributed by atoms with Gasteiger partial charge < -0.3 is 0 Å². The molecule has 0 spiro atoms. The predicted molar refractivity (Wildman–Crippen MR) is 212 cm³/mol. The van der Waals surface area contributed by atoms with Crippen LogP contribution in [0.25, 0.3) is 0 Å². The molecule has 4 aromatic rings. The van der Waals surface area contributed by atoms with Crippen molar-refractivity contribution in [3.05, 3.63) is 122 Å². The SMILES string of the molecule is CC(C)(C)c1cc(C(C)(C)C)c(P)c(C(C)(C)C)c1.Cc1cc(C)[c]([Ge]([C]#Cc2ccccc2)[c]2c(C)cc(C)cc2C)c(C)c1. The molecule has 1 radical (unpaired) electrons. The van der Waals surface area contributed by atoms with Gasteiger partial charge in [0.15, 0.2) is 0 Å². The molecule has 0 amide bonds. The van der Waals surface area contributed by atoms with Crippen molar-refractivity contribution in [3.63, 3.8) is 0 Å². The van der Waals surface area contributed by atoms with Crippen LogP contribution in [0.5, 0.6) is 0 Å². The summed E-state index contributed by atoms with van der Waals surface area (Å²) in [4.78, 5) is 0. The molecule has 0 aliphatic rings. The van der Waals surface area contributed by atoms with E-state index in [2.05, 4.69) is 184 Å². The number of hydrogen-bond donors (Lipinski definition) is 0. The molecule has 1 unspecified atom stereocenters. The van der Waals surface area contributed by atoms with Crippen LogP contribution >= 0.6 is 9.24 Å².